The molecule has 11 aromatic rings. The first kappa shape index (κ1) is 36.8. The summed E-state index contributed by atoms with van der Waals surface area (Å²) in [6.45, 7) is 0. The minimum Gasteiger partial charge on any atom is -0.311 e. The molecule has 2 heterocycles. The first-order chi connectivity index (χ1) is 30.7. The van der Waals surface area contributed by atoms with E-state index in [1.54, 1.807) is 0 Å². The molecule has 0 aliphatic heterocycles. The van der Waals surface area contributed by atoms with Crippen molar-refractivity contribution in [3.05, 3.63) is 249 Å². The van der Waals surface area contributed by atoms with Gasteiger partial charge in [0.05, 0.1) is 22.4 Å². The number of fused-ring (bicyclic) bond motifs is 3. The van der Waals surface area contributed by atoms with Crippen LogP contribution in [0.15, 0.2) is 249 Å². The van der Waals surface area contributed by atoms with Crippen molar-refractivity contribution in [2.75, 3.05) is 4.90 Å². The van der Waals surface area contributed by atoms with Gasteiger partial charge in [0.25, 0.3) is 0 Å². The molecule has 0 unspecified atom stereocenters. The van der Waals surface area contributed by atoms with Crippen LogP contribution in [0.2, 0.25) is 0 Å². The van der Waals surface area contributed by atoms with Crippen LogP contribution in [0.5, 0.6) is 0 Å². The molecule has 62 heavy (non-hydrogen) atoms. The van der Waals surface area contributed by atoms with Gasteiger partial charge in [-0.1, -0.05) is 182 Å². The van der Waals surface area contributed by atoms with Crippen molar-refractivity contribution in [1.82, 2.24) is 9.55 Å². The Bertz CT molecular complexity index is 3190. The van der Waals surface area contributed by atoms with E-state index in [9.17, 15) is 0 Å². The lowest BCUT2D eigenvalue weighted by Crippen LogP contribution is -2.09. The summed E-state index contributed by atoms with van der Waals surface area (Å²) in [5.74, 6) is 0. The van der Waals surface area contributed by atoms with Crippen LogP contribution in [-0.4, -0.2) is 9.55 Å². The van der Waals surface area contributed by atoms with Gasteiger partial charge in [0.15, 0.2) is 0 Å². The highest BCUT2D eigenvalue weighted by Crippen LogP contribution is 2.42. The van der Waals surface area contributed by atoms with Gasteiger partial charge in [-0.3, -0.25) is 0 Å². The maximum Gasteiger partial charge on any atom is 0.0956 e. The maximum absolute atomic E-state index is 5.39. The molecule has 2 aromatic heterocycles. The number of aromatic nitrogens is 2. The van der Waals surface area contributed by atoms with Crippen molar-refractivity contribution in [3.63, 3.8) is 0 Å². The zero-order valence-electron chi connectivity index (χ0n) is 34.0. The second-order valence-corrected chi connectivity index (χ2v) is 15.6. The van der Waals surface area contributed by atoms with Gasteiger partial charge in [-0.2, -0.15) is 0 Å². The lowest BCUT2D eigenvalue weighted by atomic mass is 10.00. The van der Waals surface area contributed by atoms with E-state index in [2.05, 4.69) is 258 Å². The first-order valence-electron chi connectivity index (χ1n) is 21.1. The average Bonchev–Trinajstić information content (AvgIpc) is 3.69. The van der Waals surface area contributed by atoms with Gasteiger partial charge in [0.1, 0.15) is 0 Å². The largest absolute Gasteiger partial charge is 0.311 e. The molecule has 0 aliphatic carbocycles. The highest BCUT2D eigenvalue weighted by molar-refractivity contribution is 6.15. The van der Waals surface area contributed by atoms with Gasteiger partial charge in [-0.15, -0.1) is 0 Å². The quantitative estimate of drug-likeness (QED) is 0.145. The Labute approximate surface area is 362 Å². The molecule has 0 aliphatic rings. The van der Waals surface area contributed by atoms with Crippen LogP contribution in [-0.2, 0) is 0 Å². The summed E-state index contributed by atoms with van der Waals surface area (Å²) >= 11 is 0. The standard InChI is InChI=1S/C59H41N3/c1-6-16-42(17-7-1)44-26-33-51(34-27-44)61(52-35-28-45(29-36-52)43-18-8-2-9-19-43)53-37-30-46(31-38-53)49-32-39-57-54(40-49)55-41-56(47-20-10-3-11-21-47)60-58(48-22-12-4-13-23-48)59(55)62(57)50-24-14-5-15-25-50/h1-41H. The number of benzene rings is 9. The van der Waals surface area contributed by atoms with E-state index in [1.165, 1.54) is 33.0 Å². The van der Waals surface area contributed by atoms with Crippen molar-refractivity contribution < 1.29 is 0 Å². The van der Waals surface area contributed by atoms with Crippen LogP contribution >= 0.6 is 0 Å². The summed E-state index contributed by atoms with van der Waals surface area (Å²) in [6, 6.07) is 88.8. The summed E-state index contributed by atoms with van der Waals surface area (Å²) in [4.78, 5) is 7.73. The second-order valence-electron chi connectivity index (χ2n) is 15.6. The Balaban J connectivity index is 1.04. The molecule has 0 spiro atoms. The van der Waals surface area contributed by atoms with E-state index in [4.69, 9.17) is 4.98 Å². The number of para-hydroxylation sites is 1. The number of hydrogen-bond donors (Lipinski definition) is 0. The Morgan fingerprint density at radius 1 is 0.306 bits per heavy atom. The molecule has 0 radical (unpaired) electrons. The van der Waals surface area contributed by atoms with Crippen LogP contribution in [0.3, 0.4) is 0 Å². The number of nitrogens with zero attached hydrogens (tertiary/aromatic N) is 3. The molecule has 0 bridgehead atoms. The third-order valence-electron chi connectivity index (χ3n) is 11.8. The maximum atomic E-state index is 5.39. The molecule has 0 saturated heterocycles. The molecule has 0 atom stereocenters. The lowest BCUT2D eigenvalue weighted by Gasteiger charge is -2.26. The van der Waals surface area contributed by atoms with Crippen molar-refractivity contribution >= 4 is 38.9 Å². The fourth-order valence-electron chi connectivity index (χ4n) is 8.73. The molecule has 9 aromatic carbocycles. The fourth-order valence-corrected chi connectivity index (χ4v) is 8.73. The minimum absolute atomic E-state index is 0.951. The van der Waals surface area contributed by atoms with Crippen molar-refractivity contribution in [2.24, 2.45) is 0 Å². The smallest absolute Gasteiger partial charge is 0.0956 e. The lowest BCUT2D eigenvalue weighted by molar-refractivity contribution is 1.17. The van der Waals surface area contributed by atoms with E-state index < -0.39 is 0 Å². The Kier molecular flexibility index (Phi) is 9.53. The number of hydrogen-bond acceptors (Lipinski definition) is 2. The van der Waals surface area contributed by atoms with E-state index in [0.29, 0.717) is 0 Å². The molecule has 11 rings (SSSR count). The molecular weight excluding hydrogens is 751 g/mol. The summed E-state index contributed by atoms with van der Waals surface area (Å²) in [6.07, 6.45) is 0. The molecule has 0 N–H and O–H groups in total. The van der Waals surface area contributed by atoms with Crippen molar-refractivity contribution in [3.8, 4) is 61.6 Å². The van der Waals surface area contributed by atoms with Gasteiger partial charge in [-0.25, -0.2) is 4.98 Å². The molecule has 0 amide bonds. The molecule has 3 heteroatoms. The van der Waals surface area contributed by atoms with Crippen LogP contribution in [0, 0.1) is 0 Å². The first-order valence-corrected chi connectivity index (χ1v) is 21.1. The van der Waals surface area contributed by atoms with Gasteiger partial charge >= 0.3 is 0 Å². The fraction of sp³-hybridized carbons (Fsp3) is 0. The molecular formula is C59H41N3. The third kappa shape index (κ3) is 6.92. The SMILES string of the molecule is c1ccc(-c2ccc(N(c3ccc(-c4ccccc4)cc3)c3ccc(-c4ccc5c(c4)c4cc(-c6ccccc6)nc(-c6ccccc6)c4n5-c4ccccc4)cc3)cc2)cc1. The van der Waals surface area contributed by atoms with E-state index in [1.807, 2.05) is 0 Å². The minimum atomic E-state index is 0.951. The van der Waals surface area contributed by atoms with E-state index >= 15 is 0 Å². The zero-order chi connectivity index (χ0) is 41.2. The topological polar surface area (TPSA) is 21.1 Å². The average molecular weight is 792 g/mol. The third-order valence-corrected chi connectivity index (χ3v) is 11.8. The number of rotatable bonds is 9. The highest BCUT2D eigenvalue weighted by Gasteiger charge is 2.21. The molecule has 292 valence electrons. The molecule has 0 saturated carbocycles. The Hall–Kier alpha value is -8.27. The molecule has 3 nitrogen and oxygen atoms in total. The van der Waals surface area contributed by atoms with Crippen LogP contribution in [0.25, 0.3) is 83.4 Å². The normalized spacial score (nSPS) is 11.2. The summed E-state index contributed by atoms with van der Waals surface area (Å²) in [7, 11) is 0. The number of anilines is 3. The van der Waals surface area contributed by atoms with Gasteiger partial charge < -0.3 is 9.47 Å². The number of pyridine rings is 1. The van der Waals surface area contributed by atoms with Crippen molar-refractivity contribution in [2.45, 2.75) is 0 Å². The summed E-state index contributed by atoms with van der Waals surface area (Å²) < 4.78 is 2.38. The van der Waals surface area contributed by atoms with Crippen LogP contribution in [0.4, 0.5) is 17.1 Å². The van der Waals surface area contributed by atoms with Gasteiger partial charge in [-0.05, 0) is 100 Å². The summed E-state index contributed by atoms with van der Waals surface area (Å²) in [5, 5.41) is 2.35. The molecule has 0 fully saturated rings. The highest BCUT2D eigenvalue weighted by atomic mass is 15.1. The monoisotopic (exact) mass is 791 g/mol. The van der Waals surface area contributed by atoms with E-state index in [-0.39, 0.29) is 0 Å². The predicted octanol–water partition coefficient (Wildman–Crippen LogP) is 16.0. The van der Waals surface area contributed by atoms with Crippen LogP contribution in [0.1, 0.15) is 0 Å². The van der Waals surface area contributed by atoms with Gasteiger partial charge in [0.2, 0.25) is 0 Å². The van der Waals surface area contributed by atoms with Gasteiger partial charge in [0, 0.05) is 44.6 Å². The second kappa shape index (κ2) is 16.1. The Morgan fingerprint density at radius 3 is 1.18 bits per heavy atom. The Morgan fingerprint density at radius 2 is 0.694 bits per heavy atom. The zero-order valence-corrected chi connectivity index (χ0v) is 34.0. The van der Waals surface area contributed by atoms with Crippen LogP contribution < -0.4 is 4.90 Å². The predicted molar refractivity (Wildman–Crippen MR) is 260 cm³/mol. The van der Waals surface area contributed by atoms with E-state index in [0.717, 1.165) is 67.4 Å². The summed E-state index contributed by atoms with van der Waals surface area (Å²) in [5.41, 5.74) is 17.8. The van der Waals surface area contributed by atoms with Crippen molar-refractivity contribution in [1.29, 1.82) is 0 Å².